The summed E-state index contributed by atoms with van der Waals surface area (Å²) >= 11 is 0. The zero-order chi connectivity index (χ0) is 11.0. The summed E-state index contributed by atoms with van der Waals surface area (Å²) in [5, 5.41) is 3.49. The third kappa shape index (κ3) is 1.80. The third-order valence-electron chi connectivity index (χ3n) is 3.64. The topological polar surface area (TPSA) is 15.3 Å². The summed E-state index contributed by atoms with van der Waals surface area (Å²) in [6.07, 6.45) is 3.58. The molecule has 2 nitrogen and oxygen atoms in total. The van der Waals surface area contributed by atoms with Gasteiger partial charge >= 0.3 is 0 Å². The van der Waals surface area contributed by atoms with Gasteiger partial charge in [-0.3, -0.25) is 0 Å². The molecule has 2 aliphatic rings. The molecule has 1 aromatic rings. The molecule has 2 heterocycles. The molecule has 16 heavy (non-hydrogen) atoms. The lowest BCUT2D eigenvalue weighted by molar-refractivity contribution is 0.587. The molecule has 1 atom stereocenters. The number of rotatable bonds is 2. The van der Waals surface area contributed by atoms with Crippen LogP contribution in [-0.4, -0.2) is 25.7 Å². The van der Waals surface area contributed by atoms with Crippen molar-refractivity contribution in [2.45, 2.75) is 25.3 Å². The van der Waals surface area contributed by atoms with Crippen molar-refractivity contribution in [1.29, 1.82) is 0 Å². The van der Waals surface area contributed by atoms with Crippen LogP contribution >= 0.6 is 0 Å². The van der Waals surface area contributed by atoms with Crippen LogP contribution < -0.4 is 10.2 Å². The van der Waals surface area contributed by atoms with E-state index in [0.717, 1.165) is 31.7 Å². The fourth-order valence-corrected chi connectivity index (χ4v) is 2.79. The lowest BCUT2D eigenvalue weighted by Crippen LogP contribution is -2.36. The van der Waals surface area contributed by atoms with Crippen LogP contribution in [0, 0.1) is 5.82 Å². The highest BCUT2D eigenvalue weighted by molar-refractivity contribution is 5.58. The zero-order valence-corrected chi connectivity index (χ0v) is 9.38. The van der Waals surface area contributed by atoms with E-state index in [1.807, 2.05) is 6.07 Å². The molecule has 3 rings (SSSR count). The number of anilines is 1. The van der Waals surface area contributed by atoms with Gasteiger partial charge in [0, 0.05) is 24.8 Å². The number of hydrogen-bond donors (Lipinski definition) is 1. The maximum atomic E-state index is 13.2. The second-order valence-electron chi connectivity index (χ2n) is 4.76. The smallest absolute Gasteiger partial charge is 0.125 e. The molecule has 1 fully saturated rings. The molecule has 0 radical (unpaired) electrons. The summed E-state index contributed by atoms with van der Waals surface area (Å²) in [5.41, 5.74) is 2.40. The Morgan fingerprint density at radius 2 is 2.38 bits per heavy atom. The predicted molar refractivity (Wildman–Crippen MR) is 63.3 cm³/mol. The first-order chi connectivity index (χ1) is 7.83. The Hall–Kier alpha value is -1.09. The third-order valence-corrected chi connectivity index (χ3v) is 3.64. The van der Waals surface area contributed by atoms with Crippen molar-refractivity contribution in [3.63, 3.8) is 0 Å². The summed E-state index contributed by atoms with van der Waals surface area (Å²) < 4.78 is 13.2. The van der Waals surface area contributed by atoms with Crippen LogP contribution in [0.3, 0.4) is 0 Å². The van der Waals surface area contributed by atoms with E-state index in [1.165, 1.54) is 18.4 Å². The van der Waals surface area contributed by atoms with Crippen molar-refractivity contribution >= 4 is 5.69 Å². The largest absolute Gasteiger partial charge is 0.369 e. The minimum absolute atomic E-state index is 0.120. The van der Waals surface area contributed by atoms with Crippen LogP contribution in [0.4, 0.5) is 10.1 Å². The van der Waals surface area contributed by atoms with Gasteiger partial charge in [-0.05, 0) is 43.5 Å². The molecule has 1 N–H and O–H groups in total. The van der Waals surface area contributed by atoms with Crippen LogP contribution in [0.2, 0.25) is 0 Å². The average molecular weight is 220 g/mol. The Morgan fingerprint density at radius 3 is 3.19 bits per heavy atom. The van der Waals surface area contributed by atoms with Gasteiger partial charge in [0.1, 0.15) is 5.82 Å². The number of fused-ring (bicyclic) bond motifs is 1. The molecule has 0 bridgehead atoms. The van der Waals surface area contributed by atoms with Gasteiger partial charge in [0.05, 0.1) is 0 Å². The van der Waals surface area contributed by atoms with Crippen molar-refractivity contribution in [3.05, 3.63) is 29.6 Å². The zero-order valence-electron chi connectivity index (χ0n) is 9.38. The fourth-order valence-electron chi connectivity index (χ4n) is 2.79. The number of halogens is 1. The molecule has 0 spiro atoms. The molecular formula is C13H17FN2. The molecule has 86 valence electrons. The van der Waals surface area contributed by atoms with Gasteiger partial charge in [-0.25, -0.2) is 4.39 Å². The van der Waals surface area contributed by atoms with Gasteiger partial charge in [0.2, 0.25) is 0 Å². The monoisotopic (exact) mass is 220 g/mol. The van der Waals surface area contributed by atoms with Crippen molar-refractivity contribution in [2.24, 2.45) is 0 Å². The second kappa shape index (κ2) is 4.06. The van der Waals surface area contributed by atoms with Crippen LogP contribution in [-0.2, 0) is 6.42 Å². The van der Waals surface area contributed by atoms with Crippen molar-refractivity contribution in [2.75, 3.05) is 24.5 Å². The highest BCUT2D eigenvalue weighted by atomic mass is 19.1. The standard InChI is InChI=1S/C13H17FN2/c14-11-4-3-10-5-7-16(13(10)8-11)9-12-2-1-6-15-12/h3-4,8,12,15H,1-2,5-7,9H2/t12-/m0/s1. The minimum atomic E-state index is -0.120. The molecule has 1 aromatic carbocycles. The van der Waals surface area contributed by atoms with Crippen LogP contribution in [0.25, 0.3) is 0 Å². The summed E-state index contributed by atoms with van der Waals surface area (Å²) in [5.74, 6) is -0.120. The Morgan fingerprint density at radius 1 is 1.44 bits per heavy atom. The molecule has 3 heteroatoms. The summed E-state index contributed by atoms with van der Waals surface area (Å²) in [4.78, 5) is 2.32. The van der Waals surface area contributed by atoms with Crippen molar-refractivity contribution in [1.82, 2.24) is 5.32 Å². The lowest BCUT2D eigenvalue weighted by atomic mass is 10.1. The summed E-state index contributed by atoms with van der Waals surface area (Å²) in [7, 11) is 0. The molecule has 1 saturated heterocycles. The number of nitrogens with zero attached hydrogens (tertiary/aromatic N) is 1. The van der Waals surface area contributed by atoms with E-state index in [9.17, 15) is 4.39 Å². The number of benzene rings is 1. The Labute approximate surface area is 95.4 Å². The minimum Gasteiger partial charge on any atom is -0.369 e. The van der Waals surface area contributed by atoms with Gasteiger partial charge in [0.25, 0.3) is 0 Å². The van der Waals surface area contributed by atoms with E-state index < -0.39 is 0 Å². The lowest BCUT2D eigenvalue weighted by Gasteiger charge is -2.23. The normalized spacial score (nSPS) is 23.8. The van der Waals surface area contributed by atoms with Gasteiger partial charge in [-0.15, -0.1) is 0 Å². The molecular weight excluding hydrogens is 203 g/mol. The molecule has 2 aliphatic heterocycles. The van der Waals surface area contributed by atoms with E-state index in [0.29, 0.717) is 6.04 Å². The van der Waals surface area contributed by atoms with Crippen LogP contribution in [0.1, 0.15) is 18.4 Å². The van der Waals surface area contributed by atoms with E-state index in [-0.39, 0.29) is 5.82 Å². The van der Waals surface area contributed by atoms with Gasteiger partial charge in [-0.2, -0.15) is 0 Å². The molecule has 0 unspecified atom stereocenters. The van der Waals surface area contributed by atoms with E-state index in [1.54, 1.807) is 12.1 Å². The predicted octanol–water partition coefficient (Wildman–Crippen LogP) is 1.94. The van der Waals surface area contributed by atoms with Crippen LogP contribution in [0.15, 0.2) is 18.2 Å². The Balaban J connectivity index is 1.77. The number of nitrogens with one attached hydrogen (secondary N) is 1. The summed E-state index contributed by atoms with van der Waals surface area (Å²) in [6, 6.07) is 5.76. The molecule has 0 amide bonds. The van der Waals surface area contributed by atoms with Gasteiger partial charge < -0.3 is 10.2 Å². The Kier molecular flexibility index (Phi) is 2.56. The first-order valence-corrected chi connectivity index (χ1v) is 6.10. The molecule has 0 saturated carbocycles. The van der Waals surface area contributed by atoms with E-state index >= 15 is 0 Å². The average Bonchev–Trinajstić information content (AvgIpc) is 2.90. The first-order valence-electron chi connectivity index (χ1n) is 6.10. The fraction of sp³-hybridized carbons (Fsp3) is 0.538. The second-order valence-corrected chi connectivity index (χ2v) is 4.76. The van der Waals surface area contributed by atoms with Gasteiger partial charge in [-0.1, -0.05) is 6.07 Å². The highest BCUT2D eigenvalue weighted by Crippen LogP contribution is 2.29. The maximum absolute atomic E-state index is 13.2. The van der Waals surface area contributed by atoms with E-state index in [2.05, 4.69) is 10.2 Å². The van der Waals surface area contributed by atoms with Crippen molar-refractivity contribution in [3.8, 4) is 0 Å². The highest BCUT2D eigenvalue weighted by Gasteiger charge is 2.23. The Bertz CT molecular complexity index is 386. The van der Waals surface area contributed by atoms with Crippen LogP contribution in [0.5, 0.6) is 0 Å². The SMILES string of the molecule is Fc1ccc2c(c1)N(C[C@@H]1CCCN1)CC2. The first kappa shape index (κ1) is 10.1. The molecule has 0 aliphatic carbocycles. The molecule has 0 aromatic heterocycles. The summed E-state index contributed by atoms with van der Waals surface area (Å²) in [6.45, 7) is 3.20. The van der Waals surface area contributed by atoms with E-state index in [4.69, 9.17) is 0 Å². The quantitative estimate of drug-likeness (QED) is 0.819. The van der Waals surface area contributed by atoms with Crippen molar-refractivity contribution < 1.29 is 4.39 Å². The number of hydrogen-bond acceptors (Lipinski definition) is 2. The maximum Gasteiger partial charge on any atom is 0.125 e. The van der Waals surface area contributed by atoms with Gasteiger partial charge in [0.15, 0.2) is 0 Å².